The molecular weight excluding hydrogens is 378 g/mol. The molecule has 1 unspecified atom stereocenters. The summed E-state index contributed by atoms with van der Waals surface area (Å²) in [5, 5.41) is 7.44. The summed E-state index contributed by atoms with van der Waals surface area (Å²) in [5.74, 6) is 1.24. The van der Waals surface area contributed by atoms with Crippen LogP contribution in [0.15, 0.2) is 35.6 Å². The zero-order valence-corrected chi connectivity index (χ0v) is 17.5. The van der Waals surface area contributed by atoms with Crippen LogP contribution < -0.4 is 10.1 Å². The summed E-state index contributed by atoms with van der Waals surface area (Å²) in [7, 11) is -1.97. The molecule has 0 aliphatic heterocycles. The van der Waals surface area contributed by atoms with Crippen LogP contribution in [-0.4, -0.2) is 41.4 Å². The van der Waals surface area contributed by atoms with Crippen molar-refractivity contribution in [2.75, 3.05) is 18.7 Å². The minimum absolute atomic E-state index is 0.194. The fourth-order valence-corrected chi connectivity index (χ4v) is 3.50. The zero-order valence-electron chi connectivity index (χ0n) is 16.7. The van der Waals surface area contributed by atoms with Gasteiger partial charge in [0.2, 0.25) is 15.8 Å². The van der Waals surface area contributed by atoms with Crippen molar-refractivity contribution in [3.63, 3.8) is 0 Å². The maximum atomic E-state index is 12.2. The summed E-state index contributed by atoms with van der Waals surface area (Å²) in [5.41, 5.74) is 2.31. The van der Waals surface area contributed by atoms with E-state index in [2.05, 4.69) is 34.2 Å². The summed E-state index contributed by atoms with van der Waals surface area (Å²) < 4.78 is 31.3. The second kappa shape index (κ2) is 7.75. The number of anilines is 1. The molecule has 0 spiro atoms. The second-order valence-corrected chi connectivity index (χ2v) is 8.76. The first kappa shape index (κ1) is 20.1. The van der Waals surface area contributed by atoms with Gasteiger partial charge in [-0.25, -0.2) is 8.42 Å². The van der Waals surface area contributed by atoms with Crippen molar-refractivity contribution < 1.29 is 13.2 Å². The first-order chi connectivity index (χ1) is 13.3. The Morgan fingerprint density at radius 1 is 1.18 bits per heavy atom. The number of aromatic nitrogens is 4. The highest BCUT2D eigenvalue weighted by molar-refractivity contribution is 7.90. The number of methoxy groups -OCH3 is 1. The third kappa shape index (κ3) is 3.80. The van der Waals surface area contributed by atoms with Crippen molar-refractivity contribution in [3.8, 4) is 5.75 Å². The van der Waals surface area contributed by atoms with Crippen LogP contribution in [0.5, 0.6) is 5.75 Å². The van der Waals surface area contributed by atoms with E-state index in [1.54, 1.807) is 17.8 Å². The number of nitrogens with one attached hydrogen (secondary N) is 1. The van der Waals surface area contributed by atoms with Crippen molar-refractivity contribution in [1.29, 1.82) is 0 Å². The maximum absolute atomic E-state index is 12.2. The number of benzene rings is 1. The molecule has 0 fully saturated rings. The highest BCUT2D eigenvalue weighted by Crippen LogP contribution is 2.29. The standard InChI is InChI=1S/C19H25N5O3S/c1-6-12(2)15-11-20-24-17(15)22-19(28(5,25)26)23-18(24)21-13(3)14-9-7-8-10-16(14)27-4/h7-13H,6H2,1-5H3,(H,21,22,23)/t12?,13-/m0/s1. The molecule has 8 nitrogen and oxygen atoms in total. The fraction of sp³-hybridized carbons (Fsp3) is 0.421. The third-order valence-corrected chi connectivity index (χ3v) is 5.65. The Morgan fingerprint density at radius 2 is 1.89 bits per heavy atom. The Kier molecular flexibility index (Phi) is 5.55. The number of fused-ring (bicyclic) bond motifs is 1. The van der Waals surface area contributed by atoms with Gasteiger partial charge < -0.3 is 10.1 Å². The molecule has 2 atom stereocenters. The van der Waals surface area contributed by atoms with Crippen LogP contribution in [0, 0.1) is 0 Å². The molecule has 9 heteroatoms. The van der Waals surface area contributed by atoms with E-state index in [0.29, 0.717) is 11.6 Å². The van der Waals surface area contributed by atoms with Crippen molar-refractivity contribution in [2.45, 2.75) is 44.3 Å². The molecule has 3 rings (SSSR count). The number of hydrogen-bond acceptors (Lipinski definition) is 7. The van der Waals surface area contributed by atoms with Gasteiger partial charge in [-0.1, -0.05) is 32.0 Å². The highest BCUT2D eigenvalue weighted by Gasteiger charge is 2.22. The van der Waals surface area contributed by atoms with Crippen LogP contribution in [0.4, 0.5) is 5.95 Å². The summed E-state index contributed by atoms with van der Waals surface area (Å²) >= 11 is 0. The minimum Gasteiger partial charge on any atom is -0.496 e. The molecule has 0 aliphatic carbocycles. The molecule has 3 aromatic rings. The molecule has 28 heavy (non-hydrogen) atoms. The monoisotopic (exact) mass is 403 g/mol. The molecular formula is C19H25N5O3S. The fourth-order valence-electron chi connectivity index (χ4n) is 3.00. The molecule has 1 aromatic carbocycles. The third-order valence-electron chi connectivity index (χ3n) is 4.80. The minimum atomic E-state index is -3.59. The van der Waals surface area contributed by atoms with Gasteiger partial charge in [0.05, 0.1) is 19.3 Å². The number of para-hydroxylation sites is 1. The Bertz CT molecular complexity index is 1090. The smallest absolute Gasteiger partial charge is 0.252 e. The Morgan fingerprint density at radius 3 is 2.54 bits per heavy atom. The Balaban J connectivity index is 2.13. The van der Waals surface area contributed by atoms with Crippen LogP contribution in [0.3, 0.4) is 0 Å². The van der Waals surface area contributed by atoms with E-state index in [1.165, 1.54) is 0 Å². The van der Waals surface area contributed by atoms with E-state index in [1.807, 2.05) is 31.2 Å². The lowest BCUT2D eigenvalue weighted by atomic mass is 10.0. The van der Waals surface area contributed by atoms with E-state index in [9.17, 15) is 8.42 Å². The van der Waals surface area contributed by atoms with E-state index in [4.69, 9.17) is 4.74 Å². The average Bonchev–Trinajstić information content (AvgIpc) is 3.11. The van der Waals surface area contributed by atoms with Gasteiger partial charge in [-0.05, 0) is 25.3 Å². The number of hydrogen-bond donors (Lipinski definition) is 1. The summed E-state index contributed by atoms with van der Waals surface area (Å²) in [6.07, 6.45) is 3.72. The molecule has 2 heterocycles. The van der Waals surface area contributed by atoms with Crippen molar-refractivity contribution in [1.82, 2.24) is 19.6 Å². The van der Waals surface area contributed by atoms with Gasteiger partial charge in [0.1, 0.15) is 5.75 Å². The van der Waals surface area contributed by atoms with Crippen molar-refractivity contribution in [3.05, 3.63) is 41.6 Å². The highest BCUT2D eigenvalue weighted by atomic mass is 32.2. The van der Waals surface area contributed by atoms with Crippen molar-refractivity contribution in [2.24, 2.45) is 0 Å². The predicted molar refractivity (Wildman–Crippen MR) is 108 cm³/mol. The molecule has 1 N–H and O–H groups in total. The van der Waals surface area contributed by atoms with Crippen LogP contribution in [0.1, 0.15) is 50.3 Å². The molecule has 0 saturated heterocycles. The maximum Gasteiger partial charge on any atom is 0.252 e. The van der Waals surface area contributed by atoms with Crippen molar-refractivity contribution >= 4 is 21.4 Å². The van der Waals surface area contributed by atoms with Gasteiger partial charge >= 0.3 is 0 Å². The molecule has 0 aliphatic rings. The zero-order chi connectivity index (χ0) is 20.5. The van der Waals surface area contributed by atoms with Gasteiger partial charge in [0.15, 0.2) is 5.65 Å². The second-order valence-electron chi connectivity index (χ2n) is 6.85. The van der Waals surface area contributed by atoms with Crippen LogP contribution in [-0.2, 0) is 9.84 Å². The first-order valence-electron chi connectivity index (χ1n) is 9.11. The Labute approximate surface area is 164 Å². The number of nitrogens with zero attached hydrogens (tertiary/aromatic N) is 4. The quantitative estimate of drug-likeness (QED) is 0.647. The summed E-state index contributed by atoms with van der Waals surface area (Å²) in [4.78, 5) is 8.53. The van der Waals surface area contributed by atoms with Gasteiger partial charge in [0, 0.05) is 17.4 Å². The first-order valence-corrected chi connectivity index (χ1v) is 11.0. The number of rotatable bonds is 7. The van der Waals surface area contributed by atoms with Gasteiger partial charge in [-0.15, -0.1) is 0 Å². The van der Waals surface area contributed by atoms with E-state index >= 15 is 0 Å². The van der Waals surface area contributed by atoms with E-state index in [0.717, 1.165) is 29.6 Å². The Hall–Kier alpha value is -2.68. The van der Waals surface area contributed by atoms with Crippen LogP contribution >= 0.6 is 0 Å². The summed E-state index contributed by atoms with van der Waals surface area (Å²) in [6, 6.07) is 7.44. The normalized spacial score (nSPS) is 14.0. The van der Waals surface area contributed by atoms with Crippen LogP contribution in [0.25, 0.3) is 5.65 Å². The lowest BCUT2D eigenvalue weighted by Gasteiger charge is -2.18. The molecule has 150 valence electrons. The lowest BCUT2D eigenvalue weighted by molar-refractivity contribution is 0.408. The lowest BCUT2D eigenvalue weighted by Crippen LogP contribution is -2.16. The average molecular weight is 404 g/mol. The molecule has 0 saturated carbocycles. The number of ether oxygens (including phenoxy) is 1. The SMILES string of the molecule is CCC(C)c1cnn2c(N[C@@H](C)c3ccccc3OC)nc(S(C)(=O)=O)nc12. The largest absolute Gasteiger partial charge is 0.496 e. The predicted octanol–water partition coefficient (Wildman–Crippen LogP) is 3.22. The van der Waals surface area contributed by atoms with Crippen LogP contribution in [0.2, 0.25) is 0 Å². The topological polar surface area (TPSA) is 98.5 Å². The van der Waals surface area contributed by atoms with Gasteiger partial charge in [-0.2, -0.15) is 19.6 Å². The molecule has 0 amide bonds. The summed E-state index contributed by atoms with van der Waals surface area (Å²) in [6.45, 7) is 6.07. The molecule has 0 bridgehead atoms. The molecule has 0 radical (unpaired) electrons. The molecule has 2 aromatic heterocycles. The van der Waals surface area contributed by atoms with Gasteiger partial charge in [0.25, 0.3) is 5.16 Å². The van der Waals surface area contributed by atoms with Gasteiger partial charge in [-0.3, -0.25) is 0 Å². The number of sulfone groups is 1. The van der Waals surface area contributed by atoms with E-state index in [-0.39, 0.29) is 17.1 Å². The van der Waals surface area contributed by atoms with E-state index < -0.39 is 9.84 Å².